The van der Waals surface area contributed by atoms with Crippen LogP contribution in [0.4, 0.5) is 0 Å². The van der Waals surface area contributed by atoms with Crippen molar-refractivity contribution in [1.29, 1.82) is 0 Å². The molecule has 0 spiro atoms. The first-order valence-corrected chi connectivity index (χ1v) is 7.53. The first kappa shape index (κ1) is 12.1. The van der Waals surface area contributed by atoms with Crippen LogP contribution in [0.25, 0.3) is 0 Å². The highest BCUT2D eigenvalue weighted by atomic mass is 16.4. The summed E-state index contributed by atoms with van der Waals surface area (Å²) in [6.07, 6.45) is 6.01. The minimum Gasteiger partial charge on any atom is -0.423 e. The maximum absolute atomic E-state index is 5.87. The molecule has 2 aliphatic carbocycles. The summed E-state index contributed by atoms with van der Waals surface area (Å²) < 4.78 is 5.87. The van der Waals surface area contributed by atoms with Crippen LogP contribution in [-0.2, 0) is 13.0 Å². The Balaban J connectivity index is 1.55. The number of hydrogen-bond donors (Lipinski definition) is 1. The highest BCUT2D eigenvalue weighted by molar-refractivity contribution is 5.35. The van der Waals surface area contributed by atoms with Gasteiger partial charge in [0.25, 0.3) is 0 Å². The number of nitrogens with one attached hydrogen (secondary N) is 1. The van der Waals surface area contributed by atoms with Crippen molar-refractivity contribution in [1.82, 2.24) is 15.5 Å². The van der Waals surface area contributed by atoms with Gasteiger partial charge in [0.1, 0.15) is 0 Å². The molecule has 4 heteroatoms. The van der Waals surface area contributed by atoms with Gasteiger partial charge in [-0.1, -0.05) is 24.3 Å². The van der Waals surface area contributed by atoms with E-state index < -0.39 is 0 Å². The Morgan fingerprint density at radius 3 is 2.95 bits per heavy atom. The Labute approximate surface area is 118 Å². The number of fused-ring (bicyclic) bond motifs is 1. The molecule has 104 valence electrons. The van der Waals surface area contributed by atoms with Gasteiger partial charge in [-0.25, -0.2) is 0 Å². The van der Waals surface area contributed by atoms with Gasteiger partial charge in [-0.05, 0) is 43.2 Å². The van der Waals surface area contributed by atoms with Crippen LogP contribution >= 0.6 is 0 Å². The van der Waals surface area contributed by atoms with E-state index in [9.17, 15) is 0 Å². The quantitative estimate of drug-likeness (QED) is 0.927. The molecule has 4 rings (SSSR count). The molecule has 0 amide bonds. The zero-order chi connectivity index (χ0) is 13.4. The summed E-state index contributed by atoms with van der Waals surface area (Å²) in [5, 5.41) is 11.9. The molecule has 1 aromatic carbocycles. The number of aromatic nitrogens is 2. The minimum absolute atomic E-state index is 0.280. The molecule has 2 aliphatic rings. The predicted molar refractivity (Wildman–Crippen MR) is 75.4 cm³/mol. The molecule has 0 saturated heterocycles. The lowest BCUT2D eigenvalue weighted by Crippen LogP contribution is -2.15. The fourth-order valence-corrected chi connectivity index (χ4v) is 3.01. The average molecular weight is 269 g/mol. The van der Waals surface area contributed by atoms with E-state index in [0.717, 1.165) is 24.6 Å². The Bertz CT molecular complexity index is 603. The van der Waals surface area contributed by atoms with Gasteiger partial charge in [0, 0.05) is 6.04 Å². The van der Waals surface area contributed by atoms with Gasteiger partial charge in [-0.3, -0.25) is 0 Å². The topological polar surface area (TPSA) is 51.0 Å². The summed E-state index contributed by atoms with van der Waals surface area (Å²) in [5.41, 5.74) is 2.80. The van der Waals surface area contributed by atoms with E-state index in [1.54, 1.807) is 0 Å². The molecular weight excluding hydrogens is 250 g/mol. The van der Waals surface area contributed by atoms with E-state index in [0.29, 0.717) is 12.6 Å². The van der Waals surface area contributed by atoms with Gasteiger partial charge < -0.3 is 9.73 Å². The monoisotopic (exact) mass is 269 g/mol. The van der Waals surface area contributed by atoms with Crippen molar-refractivity contribution in [2.75, 3.05) is 0 Å². The van der Waals surface area contributed by atoms with Gasteiger partial charge in [0.15, 0.2) is 0 Å². The summed E-state index contributed by atoms with van der Waals surface area (Å²) >= 11 is 0. The van der Waals surface area contributed by atoms with Gasteiger partial charge in [-0.15, -0.1) is 10.2 Å². The molecule has 1 aromatic heterocycles. The van der Waals surface area contributed by atoms with Crippen LogP contribution in [0.5, 0.6) is 0 Å². The number of nitrogens with zero attached hydrogens (tertiary/aromatic N) is 2. The third-order valence-electron chi connectivity index (χ3n) is 4.27. The van der Waals surface area contributed by atoms with Gasteiger partial charge in [-0.2, -0.15) is 0 Å². The largest absolute Gasteiger partial charge is 0.423 e. The van der Waals surface area contributed by atoms with E-state index in [1.165, 1.54) is 30.4 Å². The Kier molecular flexibility index (Phi) is 3.03. The van der Waals surface area contributed by atoms with Crippen molar-refractivity contribution in [2.45, 2.75) is 50.6 Å². The molecule has 1 fully saturated rings. The summed E-state index contributed by atoms with van der Waals surface area (Å²) in [6, 6.07) is 9.29. The van der Waals surface area contributed by atoms with E-state index >= 15 is 0 Å². The molecular formula is C16H19N3O. The van der Waals surface area contributed by atoms with Gasteiger partial charge in [0.05, 0.1) is 12.5 Å². The maximum atomic E-state index is 5.87. The summed E-state index contributed by atoms with van der Waals surface area (Å²) in [7, 11) is 0. The van der Waals surface area contributed by atoms with Crippen molar-refractivity contribution in [3.8, 4) is 0 Å². The number of benzene rings is 1. The molecule has 1 atom stereocenters. The summed E-state index contributed by atoms with van der Waals surface area (Å²) in [4.78, 5) is 0. The lowest BCUT2D eigenvalue weighted by atomic mass is 9.83. The molecule has 1 saturated carbocycles. The van der Waals surface area contributed by atoms with Crippen molar-refractivity contribution < 1.29 is 4.42 Å². The Morgan fingerprint density at radius 2 is 2.05 bits per heavy atom. The van der Waals surface area contributed by atoms with E-state index in [1.807, 2.05) is 0 Å². The molecule has 20 heavy (non-hydrogen) atoms. The van der Waals surface area contributed by atoms with Crippen LogP contribution in [-0.4, -0.2) is 16.2 Å². The van der Waals surface area contributed by atoms with Crippen molar-refractivity contribution in [3.63, 3.8) is 0 Å². The maximum Gasteiger partial charge on any atom is 0.230 e. The van der Waals surface area contributed by atoms with E-state index in [-0.39, 0.29) is 5.92 Å². The summed E-state index contributed by atoms with van der Waals surface area (Å²) in [5.74, 6) is 1.78. The molecule has 4 nitrogen and oxygen atoms in total. The normalized spacial score (nSPS) is 21.7. The minimum atomic E-state index is 0.280. The smallest absolute Gasteiger partial charge is 0.230 e. The first-order valence-electron chi connectivity index (χ1n) is 7.53. The molecule has 0 radical (unpaired) electrons. The Morgan fingerprint density at radius 1 is 1.15 bits per heavy atom. The van der Waals surface area contributed by atoms with Crippen LogP contribution in [0.2, 0.25) is 0 Å². The van der Waals surface area contributed by atoms with Crippen molar-refractivity contribution in [3.05, 3.63) is 47.2 Å². The lowest BCUT2D eigenvalue weighted by Gasteiger charge is -2.22. The molecule has 0 bridgehead atoms. The Hall–Kier alpha value is -1.68. The predicted octanol–water partition coefficient (Wildman–Crippen LogP) is 2.79. The van der Waals surface area contributed by atoms with Crippen LogP contribution in [0.3, 0.4) is 0 Å². The van der Waals surface area contributed by atoms with Crippen LogP contribution in [0.15, 0.2) is 28.7 Å². The third-order valence-corrected chi connectivity index (χ3v) is 4.27. The zero-order valence-electron chi connectivity index (χ0n) is 11.5. The molecule has 2 aromatic rings. The van der Waals surface area contributed by atoms with Crippen molar-refractivity contribution >= 4 is 0 Å². The number of rotatable bonds is 4. The van der Waals surface area contributed by atoms with Crippen LogP contribution in [0, 0.1) is 0 Å². The van der Waals surface area contributed by atoms with Crippen LogP contribution < -0.4 is 5.32 Å². The highest BCUT2D eigenvalue weighted by Crippen LogP contribution is 2.35. The zero-order valence-corrected chi connectivity index (χ0v) is 11.5. The van der Waals surface area contributed by atoms with Crippen molar-refractivity contribution in [2.24, 2.45) is 0 Å². The second-order valence-corrected chi connectivity index (χ2v) is 5.83. The fraction of sp³-hybridized carbons (Fsp3) is 0.500. The summed E-state index contributed by atoms with van der Waals surface area (Å²) in [6.45, 7) is 0.700. The standard InChI is InChI=1S/C16H19N3O/c1-2-6-13-11(4-1)5-3-7-14(13)16-19-18-15(20-16)10-17-12-8-9-12/h1-2,4,6,12,14,17H,3,5,7-10H2. The molecule has 1 unspecified atom stereocenters. The molecule has 1 N–H and O–H groups in total. The SMILES string of the molecule is c1ccc2c(c1)CCCC2c1nnc(CNC2CC2)o1. The number of aryl methyl sites for hydroxylation is 1. The van der Waals surface area contributed by atoms with Crippen LogP contribution in [0.1, 0.15) is 54.5 Å². The first-order chi connectivity index (χ1) is 9.90. The molecule has 1 heterocycles. The lowest BCUT2D eigenvalue weighted by molar-refractivity contribution is 0.402. The second-order valence-electron chi connectivity index (χ2n) is 5.83. The molecule has 0 aliphatic heterocycles. The van der Waals surface area contributed by atoms with Gasteiger partial charge >= 0.3 is 0 Å². The van der Waals surface area contributed by atoms with E-state index in [4.69, 9.17) is 4.42 Å². The fourth-order valence-electron chi connectivity index (χ4n) is 3.01. The van der Waals surface area contributed by atoms with Gasteiger partial charge in [0.2, 0.25) is 11.8 Å². The average Bonchev–Trinajstić information content (AvgIpc) is 3.21. The number of hydrogen-bond acceptors (Lipinski definition) is 4. The third kappa shape index (κ3) is 2.36. The highest BCUT2D eigenvalue weighted by Gasteiger charge is 2.26. The van der Waals surface area contributed by atoms with E-state index in [2.05, 4.69) is 39.8 Å². The second kappa shape index (κ2) is 5.02.